The van der Waals surface area contributed by atoms with E-state index in [0.29, 0.717) is 17.1 Å². The molecule has 2 N–H and O–H groups in total. The number of nitrogens with zero attached hydrogens (tertiary/aromatic N) is 1. The summed E-state index contributed by atoms with van der Waals surface area (Å²) in [5.74, 6) is -0.206. The second-order valence-electron chi connectivity index (χ2n) is 5.31. The van der Waals surface area contributed by atoms with Crippen LogP contribution in [0.4, 0.5) is 0 Å². The van der Waals surface area contributed by atoms with Gasteiger partial charge < -0.3 is 5.11 Å². The second kappa shape index (κ2) is 5.96. The van der Waals surface area contributed by atoms with Gasteiger partial charge in [-0.2, -0.15) is 0 Å². The van der Waals surface area contributed by atoms with Crippen molar-refractivity contribution in [1.29, 1.82) is 0 Å². The number of hydrogen-bond acceptors (Lipinski definition) is 4. The average Bonchev–Trinajstić information content (AvgIpc) is 2.77. The summed E-state index contributed by atoms with van der Waals surface area (Å²) in [4.78, 5) is 3.87. The predicted molar refractivity (Wildman–Crippen MR) is 83.9 cm³/mol. The van der Waals surface area contributed by atoms with Crippen LogP contribution in [0.25, 0.3) is 0 Å². The van der Waals surface area contributed by atoms with Crippen molar-refractivity contribution in [3.8, 4) is 0 Å². The molecule has 1 aliphatic rings. The van der Waals surface area contributed by atoms with Crippen LogP contribution >= 0.6 is 11.6 Å². The maximum Gasteiger partial charge on any atom is 0.216 e. The third-order valence-corrected chi connectivity index (χ3v) is 5.21. The van der Waals surface area contributed by atoms with Gasteiger partial charge in [0.2, 0.25) is 10.0 Å². The number of pyridine rings is 1. The number of hydrogen-bond donors (Lipinski definition) is 2. The van der Waals surface area contributed by atoms with Crippen LogP contribution < -0.4 is 4.72 Å². The van der Waals surface area contributed by atoms with E-state index < -0.39 is 22.2 Å². The molecule has 1 heterocycles. The van der Waals surface area contributed by atoms with Crippen LogP contribution in [0.1, 0.15) is 22.7 Å². The van der Waals surface area contributed by atoms with E-state index in [1.165, 1.54) is 6.20 Å². The molecule has 0 amide bonds. The minimum atomic E-state index is -3.60. The Balaban J connectivity index is 1.78. The first kappa shape index (κ1) is 15.4. The van der Waals surface area contributed by atoms with Crippen LogP contribution in [0, 0.1) is 0 Å². The van der Waals surface area contributed by atoms with E-state index in [0.717, 1.165) is 11.1 Å². The van der Waals surface area contributed by atoms with E-state index in [1.807, 2.05) is 24.3 Å². The van der Waals surface area contributed by atoms with Crippen LogP contribution in [0.15, 0.2) is 42.6 Å². The maximum atomic E-state index is 12.3. The lowest BCUT2D eigenvalue weighted by Gasteiger charge is -2.18. The van der Waals surface area contributed by atoms with Crippen molar-refractivity contribution < 1.29 is 13.5 Å². The van der Waals surface area contributed by atoms with Gasteiger partial charge in [-0.1, -0.05) is 41.9 Å². The number of aromatic nitrogens is 1. The van der Waals surface area contributed by atoms with Crippen molar-refractivity contribution in [3.05, 3.63) is 64.4 Å². The molecule has 5 nitrogen and oxygen atoms in total. The Kier molecular flexibility index (Phi) is 4.18. The van der Waals surface area contributed by atoms with Gasteiger partial charge in [0.1, 0.15) is 5.15 Å². The molecule has 0 aliphatic heterocycles. The molecule has 0 spiro atoms. The first-order valence-electron chi connectivity index (χ1n) is 6.81. The number of halogens is 1. The van der Waals surface area contributed by atoms with Crippen molar-refractivity contribution in [2.45, 2.75) is 24.3 Å². The minimum absolute atomic E-state index is 0.206. The monoisotopic (exact) mass is 338 g/mol. The number of benzene rings is 1. The van der Waals surface area contributed by atoms with Crippen LogP contribution in [0.5, 0.6) is 0 Å². The molecular weight excluding hydrogens is 324 g/mol. The van der Waals surface area contributed by atoms with E-state index in [1.54, 1.807) is 12.1 Å². The van der Waals surface area contributed by atoms with E-state index in [-0.39, 0.29) is 5.75 Å². The average molecular weight is 339 g/mol. The molecule has 0 saturated carbocycles. The molecule has 0 radical (unpaired) electrons. The lowest BCUT2D eigenvalue weighted by Crippen LogP contribution is -2.34. The lowest BCUT2D eigenvalue weighted by molar-refractivity contribution is 0.151. The molecule has 22 heavy (non-hydrogen) atoms. The molecule has 0 bridgehead atoms. The van der Waals surface area contributed by atoms with E-state index >= 15 is 0 Å². The number of nitrogens with one attached hydrogen (secondary N) is 1. The Morgan fingerprint density at radius 1 is 1.27 bits per heavy atom. The van der Waals surface area contributed by atoms with Gasteiger partial charge in [-0.25, -0.2) is 18.1 Å². The molecule has 1 aromatic carbocycles. The number of fused-ring (bicyclic) bond motifs is 1. The third-order valence-electron chi connectivity index (χ3n) is 3.66. The van der Waals surface area contributed by atoms with Gasteiger partial charge >= 0.3 is 0 Å². The summed E-state index contributed by atoms with van der Waals surface area (Å²) in [7, 11) is -3.60. The number of aliphatic hydroxyl groups excluding tert-OH is 1. The Morgan fingerprint density at radius 2 is 2.05 bits per heavy atom. The predicted octanol–water partition coefficient (Wildman–Crippen LogP) is 1.81. The van der Waals surface area contributed by atoms with Crippen LogP contribution in [-0.2, 0) is 22.2 Å². The first-order valence-corrected chi connectivity index (χ1v) is 8.84. The lowest BCUT2D eigenvalue weighted by atomic mass is 10.1. The fourth-order valence-corrected chi connectivity index (χ4v) is 4.14. The molecular formula is C15H15ClN2O3S. The van der Waals surface area contributed by atoms with Crippen molar-refractivity contribution in [2.24, 2.45) is 0 Å². The van der Waals surface area contributed by atoms with Gasteiger partial charge in [0.05, 0.1) is 17.9 Å². The van der Waals surface area contributed by atoms with Crippen LogP contribution in [-0.4, -0.2) is 24.6 Å². The smallest absolute Gasteiger partial charge is 0.216 e. The SMILES string of the molecule is O=S(=O)(Cc1ccc(Cl)nc1)NC1c2ccccc2CC1O. The molecule has 1 aliphatic carbocycles. The molecule has 116 valence electrons. The van der Waals surface area contributed by atoms with Gasteiger partial charge in [0.15, 0.2) is 0 Å². The molecule has 2 unspecified atom stereocenters. The van der Waals surface area contributed by atoms with Crippen LogP contribution in [0.3, 0.4) is 0 Å². The van der Waals surface area contributed by atoms with Gasteiger partial charge in [-0.05, 0) is 22.8 Å². The Labute approximate surface area is 134 Å². The maximum absolute atomic E-state index is 12.3. The van der Waals surface area contributed by atoms with Crippen molar-refractivity contribution in [2.75, 3.05) is 0 Å². The third kappa shape index (κ3) is 3.30. The summed E-state index contributed by atoms with van der Waals surface area (Å²) < 4.78 is 27.2. The highest BCUT2D eigenvalue weighted by atomic mass is 35.5. The summed E-state index contributed by atoms with van der Waals surface area (Å²) >= 11 is 5.69. The number of aliphatic hydroxyl groups is 1. The Bertz CT molecular complexity index is 778. The molecule has 2 atom stereocenters. The fourth-order valence-electron chi connectivity index (χ4n) is 2.66. The summed E-state index contributed by atoms with van der Waals surface area (Å²) in [6.07, 6.45) is 1.13. The zero-order valence-corrected chi connectivity index (χ0v) is 13.2. The summed E-state index contributed by atoms with van der Waals surface area (Å²) in [6.45, 7) is 0. The first-order chi connectivity index (χ1) is 10.4. The van der Waals surface area contributed by atoms with Crippen LogP contribution in [0.2, 0.25) is 5.15 Å². The summed E-state index contributed by atoms with van der Waals surface area (Å²) in [6, 6.07) is 10.0. The van der Waals surface area contributed by atoms with Crippen molar-refractivity contribution in [1.82, 2.24) is 9.71 Å². The molecule has 0 saturated heterocycles. The van der Waals surface area contributed by atoms with Crippen molar-refractivity contribution in [3.63, 3.8) is 0 Å². The molecule has 0 fully saturated rings. The quantitative estimate of drug-likeness (QED) is 0.833. The second-order valence-corrected chi connectivity index (χ2v) is 7.46. The van der Waals surface area contributed by atoms with E-state index in [4.69, 9.17) is 11.6 Å². The van der Waals surface area contributed by atoms with Gasteiger partial charge in [-0.15, -0.1) is 0 Å². The van der Waals surface area contributed by atoms with Gasteiger partial charge in [0.25, 0.3) is 0 Å². The minimum Gasteiger partial charge on any atom is -0.391 e. The highest BCUT2D eigenvalue weighted by Crippen LogP contribution is 2.32. The Hall–Kier alpha value is -1.47. The topological polar surface area (TPSA) is 79.3 Å². The standard InChI is InChI=1S/C15H15ClN2O3S/c16-14-6-5-10(8-17-14)9-22(20,21)18-15-12-4-2-1-3-11(12)7-13(15)19/h1-6,8,13,15,18-19H,7,9H2. The number of sulfonamides is 1. The zero-order chi connectivity index (χ0) is 15.7. The molecule has 1 aromatic heterocycles. The molecule has 2 aromatic rings. The van der Waals surface area contributed by atoms with Gasteiger partial charge in [-0.3, -0.25) is 0 Å². The number of rotatable bonds is 4. The molecule has 7 heteroatoms. The largest absolute Gasteiger partial charge is 0.391 e. The van der Waals surface area contributed by atoms with Crippen molar-refractivity contribution >= 4 is 21.6 Å². The van der Waals surface area contributed by atoms with E-state index in [9.17, 15) is 13.5 Å². The normalized spacial score (nSPS) is 20.8. The highest BCUT2D eigenvalue weighted by Gasteiger charge is 2.33. The highest BCUT2D eigenvalue weighted by molar-refractivity contribution is 7.88. The zero-order valence-electron chi connectivity index (χ0n) is 11.6. The summed E-state index contributed by atoms with van der Waals surface area (Å²) in [5.41, 5.74) is 2.33. The fraction of sp³-hybridized carbons (Fsp3) is 0.267. The van der Waals surface area contributed by atoms with Gasteiger partial charge in [0, 0.05) is 12.6 Å². The molecule has 3 rings (SSSR count). The Morgan fingerprint density at radius 3 is 2.77 bits per heavy atom. The summed E-state index contributed by atoms with van der Waals surface area (Å²) in [5, 5.41) is 10.4. The van der Waals surface area contributed by atoms with E-state index in [2.05, 4.69) is 9.71 Å².